The van der Waals surface area contributed by atoms with Crippen molar-refractivity contribution >= 4 is 12.1 Å². The molecule has 4 aromatic carbocycles. The Morgan fingerprint density at radius 2 is 1.70 bits per heavy atom. The summed E-state index contributed by atoms with van der Waals surface area (Å²) >= 11 is 0. The Balaban J connectivity index is 1.30. The first-order chi connectivity index (χ1) is 21.5. The second-order valence-corrected chi connectivity index (χ2v) is 10.2. The summed E-state index contributed by atoms with van der Waals surface area (Å²) < 4.78 is 27.5. The fourth-order valence-electron chi connectivity index (χ4n) is 4.94. The molecule has 0 radical (unpaired) electrons. The van der Waals surface area contributed by atoms with Gasteiger partial charge in [-0.2, -0.15) is 5.10 Å². The first kappa shape index (κ1) is 30.0. The first-order valence-corrected chi connectivity index (χ1v) is 14.4. The number of hydrogen-bond acceptors (Lipinski definition) is 4. The molecule has 222 valence electrons. The molecule has 0 aliphatic heterocycles. The monoisotopic (exact) mass is 587 g/mol. The molecule has 5 rings (SSSR count). The number of nitrogens with one attached hydrogen (secondary N) is 1. The number of ether oxygens (including phenoxy) is 2. The van der Waals surface area contributed by atoms with Gasteiger partial charge in [-0.1, -0.05) is 48.5 Å². The largest absolute Gasteiger partial charge is 0.490 e. The lowest BCUT2D eigenvalue weighted by molar-refractivity contribution is 0.0955. The van der Waals surface area contributed by atoms with Crippen LogP contribution < -0.4 is 14.9 Å². The molecule has 0 fully saturated rings. The van der Waals surface area contributed by atoms with Crippen molar-refractivity contribution in [2.24, 2.45) is 5.10 Å². The Morgan fingerprint density at radius 1 is 0.955 bits per heavy atom. The lowest BCUT2D eigenvalue weighted by atomic mass is 10.1. The van der Waals surface area contributed by atoms with Gasteiger partial charge in [-0.05, 0) is 97.6 Å². The van der Waals surface area contributed by atoms with E-state index < -0.39 is 0 Å². The fourth-order valence-corrected chi connectivity index (χ4v) is 4.94. The Labute approximate surface area is 257 Å². The summed E-state index contributed by atoms with van der Waals surface area (Å²) in [6.07, 6.45) is 3.88. The highest BCUT2D eigenvalue weighted by Gasteiger charge is 2.14. The van der Waals surface area contributed by atoms with Gasteiger partial charge in [0.15, 0.2) is 11.5 Å². The van der Waals surface area contributed by atoms with Crippen LogP contribution in [0.5, 0.6) is 11.5 Å². The smallest absolute Gasteiger partial charge is 0.271 e. The number of hydrazone groups is 1. The fraction of sp³-hybridized carbons (Fsp3) is 0.135. The predicted molar refractivity (Wildman–Crippen MR) is 173 cm³/mol. The van der Waals surface area contributed by atoms with Crippen LogP contribution in [0.1, 0.15) is 39.7 Å². The normalized spacial score (nSPS) is 11.0. The second-order valence-electron chi connectivity index (χ2n) is 10.2. The van der Waals surface area contributed by atoms with Crippen molar-refractivity contribution in [1.82, 2.24) is 9.99 Å². The van der Waals surface area contributed by atoms with Crippen molar-refractivity contribution in [3.8, 4) is 28.4 Å². The van der Waals surface area contributed by atoms with Gasteiger partial charge < -0.3 is 14.0 Å². The van der Waals surface area contributed by atoms with E-state index in [1.807, 2.05) is 49.4 Å². The molecule has 1 N–H and O–H groups in total. The van der Waals surface area contributed by atoms with Crippen LogP contribution in [-0.4, -0.2) is 23.3 Å². The van der Waals surface area contributed by atoms with Gasteiger partial charge in [-0.3, -0.25) is 4.79 Å². The summed E-state index contributed by atoms with van der Waals surface area (Å²) in [5.41, 5.74) is 9.79. The second kappa shape index (κ2) is 14.2. The molecular formula is C37H34FN3O3. The summed E-state index contributed by atoms with van der Waals surface area (Å²) in [5, 5.41) is 4.20. The number of carbonyl (C=O) groups excluding carboxylic acids is 1. The predicted octanol–water partition coefficient (Wildman–Crippen LogP) is 8.06. The summed E-state index contributed by atoms with van der Waals surface area (Å²) in [5.74, 6) is 0.516. The average molecular weight is 588 g/mol. The number of halogens is 1. The molecule has 0 saturated carbocycles. The number of aryl methyl sites for hydroxylation is 1. The Bertz CT molecular complexity index is 1760. The van der Waals surface area contributed by atoms with E-state index in [1.54, 1.807) is 36.6 Å². The van der Waals surface area contributed by atoms with Crippen LogP contribution in [0, 0.1) is 12.7 Å². The van der Waals surface area contributed by atoms with E-state index in [9.17, 15) is 9.18 Å². The molecule has 0 spiro atoms. The minimum atomic E-state index is -0.323. The van der Waals surface area contributed by atoms with Gasteiger partial charge in [0.05, 0.1) is 18.5 Å². The third-order valence-electron chi connectivity index (χ3n) is 7.03. The SMILES string of the molecule is C=CCc1cc(/C=N/NC(=O)c2ccc(-n3c(C)ccc3-c3ccccc3)cc2)cc(OCC)c1OCc1ccc(F)cc1. The molecule has 1 aromatic heterocycles. The van der Waals surface area contributed by atoms with Gasteiger partial charge in [0.2, 0.25) is 0 Å². The zero-order chi connectivity index (χ0) is 30.9. The number of amides is 1. The molecule has 0 aliphatic carbocycles. The van der Waals surface area contributed by atoms with Gasteiger partial charge in [0, 0.05) is 22.5 Å². The van der Waals surface area contributed by atoms with Crippen molar-refractivity contribution in [2.45, 2.75) is 26.9 Å². The molecule has 44 heavy (non-hydrogen) atoms. The van der Waals surface area contributed by atoms with Gasteiger partial charge in [0.25, 0.3) is 5.91 Å². The molecule has 0 atom stereocenters. The van der Waals surface area contributed by atoms with E-state index >= 15 is 0 Å². The van der Waals surface area contributed by atoms with E-state index in [0.717, 1.165) is 39.3 Å². The highest BCUT2D eigenvalue weighted by molar-refractivity contribution is 5.95. The standard InChI is InChI=1S/C37H34FN3O3/c1-4-9-31-22-28(23-35(43-5-2)36(31)44-25-27-13-17-32(38)18-14-27)24-39-40-37(42)30-15-19-33(20-16-30)41-26(3)12-21-34(41)29-10-7-6-8-11-29/h4,6-8,10-24H,1,5,9,25H2,2-3H3,(H,40,42)/b39-24+. The Hall–Kier alpha value is -5.43. The van der Waals surface area contributed by atoms with Gasteiger partial charge in [-0.25, -0.2) is 9.82 Å². The van der Waals surface area contributed by atoms with Crippen LogP contribution >= 0.6 is 0 Å². The number of aromatic nitrogens is 1. The summed E-state index contributed by atoms with van der Waals surface area (Å²) in [6.45, 7) is 8.51. The van der Waals surface area contributed by atoms with Crippen molar-refractivity contribution in [3.63, 3.8) is 0 Å². The minimum absolute atomic E-state index is 0.254. The van der Waals surface area contributed by atoms with E-state index in [2.05, 4.69) is 52.9 Å². The molecule has 0 aliphatic rings. The van der Waals surface area contributed by atoms with Crippen molar-refractivity contribution in [3.05, 3.63) is 150 Å². The van der Waals surface area contributed by atoms with E-state index in [4.69, 9.17) is 9.47 Å². The van der Waals surface area contributed by atoms with Crippen LogP contribution in [0.2, 0.25) is 0 Å². The number of benzene rings is 4. The number of allylic oxidation sites excluding steroid dienone is 1. The lowest BCUT2D eigenvalue weighted by Crippen LogP contribution is -2.17. The van der Waals surface area contributed by atoms with Gasteiger partial charge >= 0.3 is 0 Å². The topological polar surface area (TPSA) is 64.9 Å². The number of carbonyl (C=O) groups is 1. The molecule has 0 unspecified atom stereocenters. The number of rotatable bonds is 12. The van der Waals surface area contributed by atoms with Crippen LogP contribution in [-0.2, 0) is 13.0 Å². The number of nitrogens with zero attached hydrogens (tertiary/aromatic N) is 2. The van der Waals surface area contributed by atoms with E-state index in [0.29, 0.717) is 30.1 Å². The third-order valence-corrected chi connectivity index (χ3v) is 7.03. The zero-order valence-corrected chi connectivity index (χ0v) is 24.8. The summed E-state index contributed by atoms with van der Waals surface area (Å²) in [6, 6.07) is 31.7. The molecule has 0 bridgehead atoms. The maximum atomic E-state index is 13.3. The molecule has 7 heteroatoms. The quantitative estimate of drug-likeness (QED) is 0.0912. The highest BCUT2D eigenvalue weighted by atomic mass is 19.1. The van der Waals surface area contributed by atoms with Crippen LogP contribution in [0.3, 0.4) is 0 Å². The maximum Gasteiger partial charge on any atom is 0.271 e. The molecule has 1 amide bonds. The third kappa shape index (κ3) is 7.13. The van der Waals surface area contributed by atoms with E-state index in [1.165, 1.54) is 12.1 Å². The Morgan fingerprint density at radius 3 is 2.41 bits per heavy atom. The molecular weight excluding hydrogens is 553 g/mol. The van der Waals surface area contributed by atoms with Crippen LogP contribution in [0.4, 0.5) is 4.39 Å². The molecule has 0 saturated heterocycles. The Kier molecular flexibility index (Phi) is 9.67. The van der Waals surface area contributed by atoms with E-state index in [-0.39, 0.29) is 18.3 Å². The average Bonchev–Trinajstić information content (AvgIpc) is 3.43. The highest BCUT2D eigenvalue weighted by Crippen LogP contribution is 2.34. The van der Waals surface area contributed by atoms with Crippen LogP contribution in [0.15, 0.2) is 121 Å². The zero-order valence-electron chi connectivity index (χ0n) is 24.8. The van der Waals surface area contributed by atoms with Crippen molar-refractivity contribution in [1.29, 1.82) is 0 Å². The van der Waals surface area contributed by atoms with Crippen molar-refractivity contribution in [2.75, 3.05) is 6.61 Å². The summed E-state index contributed by atoms with van der Waals surface area (Å²) in [7, 11) is 0. The molecule has 1 heterocycles. The maximum absolute atomic E-state index is 13.3. The molecule has 5 aromatic rings. The van der Waals surface area contributed by atoms with Gasteiger partial charge in [-0.15, -0.1) is 6.58 Å². The summed E-state index contributed by atoms with van der Waals surface area (Å²) in [4.78, 5) is 12.9. The lowest BCUT2D eigenvalue weighted by Gasteiger charge is -2.17. The first-order valence-electron chi connectivity index (χ1n) is 14.4. The van der Waals surface area contributed by atoms with Crippen LogP contribution in [0.25, 0.3) is 16.9 Å². The minimum Gasteiger partial charge on any atom is -0.490 e. The van der Waals surface area contributed by atoms with Crippen molar-refractivity contribution < 1.29 is 18.7 Å². The number of hydrogen-bond donors (Lipinski definition) is 1. The molecule has 6 nitrogen and oxygen atoms in total. The van der Waals surface area contributed by atoms with Gasteiger partial charge in [0.1, 0.15) is 12.4 Å².